The average molecular weight is 337 g/mol. The molecule has 2 aromatic carbocycles. The minimum absolute atomic E-state index is 0.178. The van der Waals surface area contributed by atoms with E-state index in [1.165, 1.54) is 6.07 Å². The van der Waals surface area contributed by atoms with E-state index in [9.17, 15) is 4.79 Å². The van der Waals surface area contributed by atoms with Crippen molar-refractivity contribution >= 4 is 21.9 Å². The van der Waals surface area contributed by atoms with Gasteiger partial charge in [0.25, 0.3) is 0 Å². The number of carbonyl (C=O) groups is 1. The highest BCUT2D eigenvalue weighted by Crippen LogP contribution is 2.23. The van der Waals surface area contributed by atoms with Crippen molar-refractivity contribution in [2.24, 2.45) is 0 Å². The van der Waals surface area contributed by atoms with E-state index in [0.717, 1.165) is 11.3 Å². The van der Waals surface area contributed by atoms with E-state index < -0.39 is 5.97 Å². The maximum Gasteiger partial charge on any atom is 0.336 e. The molecule has 0 bridgehead atoms. The van der Waals surface area contributed by atoms with Gasteiger partial charge in [-0.3, -0.25) is 0 Å². The van der Waals surface area contributed by atoms with Gasteiger partial charge in [-0.1, -0.05) is 12.1 Å². The molecule has 0 saturated heterocycles. The predicted molar refractivity (Wildman–Crippen MR) is 78.4 cm³/mol. The summed E-state index contributed by atoms with van der Waals surface area (Å²) in [6, 6.07) is 12.4. The summed E-state index contributed by atoms with van der Waals surface area (Å²) in [6.45, 7) is 0.366. The molecule has 104 valence electrons. The summed E-state index contributed by atoms with van der Waals surface area (Å²) in [7, 11) is 1.61. The SMILES string of the molecule is COc1ccc(COc2ccc(Br)c(C(=O)O)c2)cc1. The van der Waals surface area contributed by atoms with Gasteiger partial charge in [0.05, 0.1) is 12.7 Å². The summed E-state index contributed by atoms with van der Waals surface area (Å²) in [4.78, 5) is 11.0. The van der Waals surface area contributed by atoms with Crippen LogP contribution in [-0.2, 0) is 6.61 Å². The Morgan fingerprint density at radius 2 is 1.80 bits per heavy atom. The number of benzene rings is 2. The Kier molecular flexibility index (Phi) is 4.63. The number of methoxy groups -OCH3 is 1. The van der Waals surface area contributed by atoms with Gasteiger partial charge in [-0.25, -0.2) is 4.79 Å². The summed E-state index contributed by atoms with van der Waals surface area (Å²) in [5.41, 5.74) is 1.16. The molecule has 0 atom stereocenters. The van der Waals surface area contributed by atoms with E-state index in [0.29, 0.717) is 16.8 Å². The van der Waals surface area contributed by atoms with Crippen molar-refractivity contribution in [1.82, 2.24) is 0 Å². The Bertz CT molecular complexity index is 608. The summed E-state index contributed by atoms with van der Waals surface area (Å²) in [5.74, 6) is 0.304. The van der Waals surface area contributed by atoms with Crippen molar-refractivity contribution in [1.29, 1.82) is 0 Å². The molecule has 0 aliphatic rings. The van der Waals surface area contributed by atoms with Gasteiger partial charge in [-0.05, 0) is 51.8 Å². The van der Waals surface area contributed by atoms with Gasteiger partial charge in [0.15, 0.2) is 0 Å². The zero-order valence-corrected chi connectivity index (χ0v) is 12.4. The number of aromatic carboxylic acids is 1. The highest BCUT2D eigenvalue weighted by molar-refractivity contribution is 9.10. The van der Waals surface area contributed by atoms with Crippen LogP contribution < -0.4 is 9.47 Å². The molecule has 0 aliphatic heterocycles. The molecule has 0 fully saturated rings. The standard InChI is InChI=1S/C15H13BrO4/c1-19-11-4-2-10(3-5-11)9-20-12-6-7-14(16)13(8-12)15(17)18/h2-8H,9H2,1H3,(H,17,18). The van der Waals surface area contributed by atoms with E-state index in [2.05, 4.69) is 15.9 Å². The van der Waals surface area contributed by atoms with Crippen LogP contribution in [0.4, 0.5) is 0 Å². The third kappa shape index (κ3) is 3.51. The molecule has 2 aromatic rings. The lowest BCUT2D eigenvalue weighted by Crippen LogP contribution is -2.00. The van der Waals surface area contributed by atoms with E-state index in [4.69, 9.17) is 14.6 Å². The van der Waals surface area contributed by atoms with Crippen molar-refractivity contribution in [2.75, 3.05) is 7.11 Å². The van der Waals surface area contributed by atoms with Gasteiger partial charge in [0, 0.05) is 4.47 Å². The minimum Gasteiger partial charge on any atom is -0.497 e. The molecule has 0 saturated carbocycles. The van der Waals surface area contributed by atoms with Crippen LogP contribution in [0.25, 0.3) is 0 Å². The molecular weight excluding hydrogens is 324 g/mol. The number of ether oxygens (including phenoxy) is 2. The fraction of sp³-hybridized carbons (Fsp3) is 0.133. The highest BCUT2D eigenvalue weighted by atomic mass is 79.9. The molecule has 0 amide bonds. The van der Waals surface area contributed by atoms with Gasteiger partial charge in [0.1, 0.15) is 18.1 Å². The number of hydrogen-bond donors (Lipinski definition) is 1. The molecular formula is C15H13BrO4. The summed E-state index contributed by atoms with van der Waals surface area (Å²) >= 11 is 3.19. The number of hydrogen-bond acceptors (Lipinski definition) is 3. The lowest BCUT2D eigenvalue weighted by molar-refractivity contribution is 0.0695. The van der Waals surface area contributed by atoms with Crippen molar-refractivity contribution in [3.05, 3.63) is 58.1 Å². The van der Waals surface area contributed by atoms with Crippen LogP contribution in [-0.4, -0.2) is 18.2 Å². The highest BCUT2D eigenvalue weighted by Gasteiger charge is 2.09. The monoisotopic (exact) mass is 336 g/mol. The van der Waals surface area contributed by atoms with Gasteiger partial charge in [0.2, 0.25) is 0 Å². The van der Waals surface area contributed by atoms with Crippen molar-refractivity contribution in [2.45, 2.75) is 6.61 Å². The molecule has 0 spiro atoms. The average Bonchev–Trinajstić information content (AvgIpc) is 2.46. The van der Waals surface area contributed by atoms with Crippen molar-refractivity contribution < 1.29 is 19.4 Å². The van der Waals surface area contributed by atoms with Crippen LogP contribution in [0.1, 0.15) is 15.9 Å². The maximum absolute atomic E-state index is 11.0. The normalized spacial score (nSPS) is 10.1. The van der Waals surface area contributed by atoms with Crippen LogP contribution in [0.15, 0.2) is 46.9 Å². The van der Waals surface area contributed by atoms with Gasteiger partial charge >= 0.3 is 5.97 Å². The molecule has 0 unspecified atom stereocenters. The molecule has 20 heavy (non-hydrogen) atoms. The van der Waals surface area contributed by atoms with Gasteiger partial charge in [-0.15, -0.1) is 0 Å². The van der Waals surface area contributed by atoms with Crippen LogP contribution in [0, 0.1) is 0 Å². The first-order valence-electron chi connectivity index (χ1n) is 5.88. The minimum atomic E-state index is -0.994. The smallest absolute Gasteiger partial charge is 0.336 e. The van der Waals surface area contributed by atoms with Crippen LogP contribution in [0.3, 0.4) is 0 Å². The Morgan fingerprint density at radius 1 is 1.15 bits per heavy atom. The lowest BCUT2D eigenvalue weighted by Gasteiger charge is -2.08. The van der Waals surface area contributed by atoms with E-state index in [-0.39, 0.29) is 5.56 Å². The number of rotatable bonds is 5. The molecule has 0 aliphatic carbocycles. The maximum atomic E-state index is 11.0. The third-order valence-electron chi connectivity index (χ3n) is 2.73. The molecule has 0 heterocycles. The molecule has 2 rings (SSSR count). The first kappa shape index (κ1) is 14.4. The second kappa shape index (κ2) is 6.43. The first-order chi connectivity index (χ1) is 9.60. The van der Waals surface area contributed by atoms with Crippen LogP contribution in [0.5, 0.6) is 11.5 Å². The zero-order chi connectivity index (χ0) is 14.5. The zero-order valence-electron chi connectivity index (χ0n) is 10.8. The Morgan fingerprint density at radius 3 is 2.40 bits per heavy atom. The second-order valence-electron chi connectivity index (χ2n) is 4.08. The second-order valence-corrected chi connectivity index (χ2v) is 4.94. The summed E-state index contributed by atoms with van der Waals surface area (Å²) in [5, 5.41) is 9.03. The topological polar surface area (TPSA) is 55.8 Å². The summed E-state index contributed by atoms with van der Waals surface area (Å²) in [6.07, 6.45) is 0. The fourth-order valence-electron chi connectivity index (χ4n) is 1.65. The summed E-state index contributed by atoms with van der Waals surface area (Å²) < 4.78 is 11.2. The van der Waals surface area contributed by atoms with Crippen molar-refractivity contribution in [3.63, 3.8) is 0 Å². The molecule has 1 N–H and O–H groups in total. The quantitative estimate of drug-likeness (QED) is 0.903. The lowest BCUT2D eigenvalue weighted by atomic mass is 10.2. The number of carboxylic acids is 1. The Labute approximate surface area is 125 Å². The first-order valence-corrected chi connectivity index (χ1v) is 6.68. The van der Waals surface area contributed by atoms with E-state index >= 15 is 0 Å². The van der Waals surface area contributed by atoms with Gasteiger partial charge < -0.3 is 14.6 Å². The third-order valence-corrected chi connectivity index (χ3v) is 3.42. The van der Waals surface area contributed by atoms with E-state index in [1.807, 2.05) is 24.3 Å². The van der Waals surface area contributed by atoms with E-state index in [1.54, 1.807) is 19.2 Å². The van der Waals surface area contributed by atoms with Crippen molar-refractivity contribution in [3.8, 4) is 11.5 Å². The Hall–Kier alpha value is -2.01. The largest absolute Gasteiger partial charge is 0.497 e. The number of halogens is 1. The van der Waals surface area contributed by atoms with Crippen LogP contribution in [0.2, 0.25) is 0 Å². The Balaban J connectivity index is 2.06. The fourth-order valence-corrected chi connectivity index (χ4v) is 2.06. The van der Waals surface area contributed by atoms with Gasteiger partial charge in [-0.2, -0.15) is 0 Å². The molecule has 0 aromatic heterocycles. The molecule has 0 radical (unpaired) electrons. The predicted octanol–water partition coefficient (Wildman–Crippen LogP) is 3.73. The molecule has 5 heteroatoms. The number of carboxylic acid groups (broad SMARTS) is 1. The molecule has 4 nitrogen and oxygen atoms in total. The van der Waals surface area contributed by atoms with Crippen LogP contribution >= 0.6 is 15.9 Å².